The van der Waals surface area contributed by atoms with Gasteiger partial charge in [-0.15, -0.1) is 0 Å². The molecule has 2 atom stereocenters. The number of carbonyl (C=O) groups is 2. The van der Waals surface area contributed by atoms with Gasteiger partial charge in [-0.05, 0) is 37.5 Å². The van der Waals surface area contributed by atoms with Crippen LogP contribution in [0.1, 0.15) is 18.4 Å². The molecule has 0 radical (unpaired) electrons. The Labute approximate surface area is 111 Å². The maximum atomic E-state index is 12.1. The van der Waals surface area contributed by atoms with E-state index in [1.54, 1.807) is 12.3 Å². The number of hydrogen-bond donors (Lipinski definition) is 2. The van der Waals surface area contributed by atoms with Gasteiger partial charge in [-0.1, -0.05) is 12.2 Å². The van der Waals surface area contributed by atoms with E-state index < -0.39 is 17.8 Å². The lowest BCUT2D eigenvalue weighted by atomic mass is 9.82. The van der Waals surface area contributed by atoms with Crippen LogP contribution in [0.5, 0.6) is 0 Å². The molecule has 1 heterocycles. The van der Waals surface area contributed by atoms with Gasteiger partial charge in [-0.3, -0.25) is 9.59 Å². The monoisotopic (exact) mass is 260 g/mol. The van der Waals surface area contributed by atoms with Gasteiger partial charge >= 0.3 is 5.97 Å². The molecule has 100 valence electrons. The van der Waals surface area contributed by atoms with Crippen molar-refractivity contribution < 1.29 is 14.7 Å². The summed E-state index contributed by atoms with van der Waals surface area (Å²) in [7, 11) is 0. The summed E-state index contributed by atoms with van der Waals surface area (Å²) in [6.07, 6.45) is 6.13. The molecule has 0 saturated carbocycles. The van der Waals surface area contributed by atoms with Crippen molar-refractivity contribution in [3.63, 3.8) is 0 Å². The first-order valence-electron chi connectivity index (χ1n) is 6.19. The van der Waals surface area contributed by atoms with Gasteiger partial charge in [-0.25, -0.2) is 4.98 Å². The van der Waals surface area contributed by atoms with Crippen LogP contribution in [0.15, 0.2) is 30.5 Å². The highest BCUT2D eigenvalue weighted by atomic mass is 16.4. The van der Waals surface area contributed by atoms with Crippen LogP contribution >= 0.6 is 0 Å². The third kappa shape index (κ3) is 3.19. The normalized spacial score (nSPS) is 21.9. The Kier molecular flexibility index (Phi) is 3.94. The van der Waals surface area contributed by atoms with Gasteiger partial charge < -0.3 is 10.4 Å². The van der Waals surface area contributed by atoms with E-state index in [1.807, 2.05) is 25.1 Å². The molecule has 1 aromatic rings. The van der Waals surface area contributed by atoms with Crippen molar-refractivity contribution in [1.29, 1.82) is 0 Å². The van der Waals surface area contributed by atoms with E-state index in [-0.39, 0.29) is 5.91 Å². The average Bonchev–Trinajstić information content (AvgIpc) is 2.38. The SMILES string of the molecule is Cc1ccnc(NC(=O)C2CC=CCC2C(=O)O)c1. The molecule has 0 saturated heterocycles. The number of aromatic nitrogens is 1. The molecule has 2 rings (SSSR count). The van der Waals surface area contributed by atoms with Gasteiger partial charge in [0, 0.05) is 6.20 Å². The van der Waals surface area contributed by atoms with Gasteiger partial charge in [0.1, 0.15) is 5.82 Å². The Morgan fingerprint density at radius 1 is 1.32 bits per heavy atom. The summed E-state index contributed by atoms with van der Waals surface area (Å²) in [5.74, 6) is -1.94. The minimum Gasteiger partial charge on any atom is -0.481 e. The van der Waals surface area contributed by atoms with E-state index in [0.717, 1.165) is 5.56 Å². The first-order valence-corrected chi connectivity index (χ1v) is 6.19. The van der Waals surface area contributed by atoms with Crippen LogP contribution in [0.3, 0.4) is 0 Å². The highest BCUT2D eigenvalue weighted by Gasteiger charge is 2.34. The molecular formula is C14H16N2O3. The lowest BCUT2D eigenvalue weighted by Gasteiger charge is -2.24. The fraction of sp³-hybridized carbons (Fsp3) is 0.357. The van der Waals surface area contributed by atoms with Crippen molar-refractivity contribution in [3.8, 4) is 0 Å². The Hall–Kier alpha value is -2.17. The van der Waals surface area contributed by atoms with E-state index in [0.29, 0.717) is 18.7 Å². The largest absolute Gasteiger partial charge is 0.481 e. The molecule has 1 aromatic heterocycles. The number of aliphatic carboxylic acids is 1. The van der Waals surface area contributed by atoms with Gasteiger partial charge in [0.05, 0.1) is 11.8 Å². The van der Waals surface area contributed by atoms with Crippen molar-refractivity contribution in [2.24, 2.45) is 11.8 Å². The molecule has 5 nitrogen and oxygen atoms in total. The second kappa shape index (κ2) is 5.65. The summed E-state index contributed by atoms with van der Waals surface area (Å²) in [5, 5.41) is 11.8. The number of carbonyl (C=O) groups excluding carboxylic acids is 1. The summed E-state index contributed by atoms with van der Waals surface area (Å²) < 4.78 is 0. The quantitative estimate of drug-likeness (QED) is 0.815. The Morgan fingerprint density at radius 3 is 2.63 bits per heavy atom. The number of aryl methyl sites for hydroxylation is 1. The second-order valence-corrected chi connectivity index (χ2v) is 4.70. The summed E-state index contributed by atoms with van der Waals surface area (Å²) >= 11 is 0. The molecule has 19 heavy (non-hydrogen) atoms. The molecule has 1 aliphatic carbocycles. The van der Waals surface area contributed by atoms with Gasteiger partial charge in [-0.2, -0.15) is 0 Å². The molecule has 0 aromatic carbocycles. The number of amides is 1. The predicted octanol–water partition coefficient (Wildman–Crippen LogP) is 2.00. The highest BCUT2D eigenvalue weighted by molar-refractivity contribution is 5.94. The molecule has 2 N–H and O–H groups in total. The van der Waals surface area contributed by atoms with E-state index in [1.165, 1.54) is 0 Å². The lowest BCUT2D eigenvalue weighted by molar-refractivity contribution is -0.146. The van der Waals surface area contributed by atoms with Gasteiger partial charge in [0.2, 0.25) is 5.91 Å². The van der Waals surface area contributed by atoms with Crippen molar-refractivity contribution in [2.45, 2.75) is 19.8 Å². The van der Waals surface area contributed by atoms with Gasteiger partial charge in [0.25, 0.3) is 0 Å². The number of pyridine rings is 1. The fourth-order valence-corrected chi connectivity index (χ4v) is 2.20. The molecule has 1 aliphatic rings. The first-order chi connectivity index (χ1) is 9.08. The highest BCUT2D eigenvalue weighted by Crippen LogP contribution is 2.27. The van der Waals surface area contributed by atoms with Crippen molar-refractivity contribution in [2.75, 3.05) is 5.32 Å². The number of carboxylic acids is 1. The fourth-order valence-electron chi connectivity index (χ4n) is 2.20. The zero-order valence-corrected chi connectivity index (χ0v) is 10.7. The number of hydrogen-bond acceptors (Lipinski definition) is 3. The Bertz CT molecular complexity index is 525. The number of rotatable bonds is 3. The first kappa shape index (κ1) is 13.3. The molecular weight excluding hydrogens is 244 g/mol. The van der Waals surface area contributed by atoms with E-state index in [4.69, 9.17) is 5.11 Å². The summed E-state index contributed by atoms with van der Waals surface area (Å²) in [6, 6.07) is 3.59. The Morgan fingerprint density at radius 2 is 2.00 bits per heavy atom. The van der Waals surface area contributed by atoms with Crippen LogP contribution in [0, 0.1) is 18.8 Å². The lowest BCUT2D eigenvalue weighted by Crippen LogP contribution is -2.34. The maximum Gasteiger partial charge on any atom is 0.307 e. The minimum absolute atomic E-state index is 0.283. The third-order valence-corrected chi connectivity index (χ3v) is 3.25. The van der Waals surface area contributed by atoms with Crippen LogP contribution in [0.4, 0.5) is 5.82 Å². The van der Waals surface area contributed by atoms with E-state index in [9.17, 15) is 9.59 Å². The molecule has 1 amide bonds. The van der Waals surface area contributed by atoms with Crippen LogP contribution in [0.25, 0.3) is 0 Å². The average molecular weight is 260 g/mol. The van der Waals surface area contributed by atoms with Crippen LogP contribution in [0.2, 0.25) is 0 Å². The number of carboxylic acid groups (broad SMARTS) is 1. The second-order valence-electron chi connectivity index (χ2n) is 4.70. The van der Waals surface area contributed by atoms with Gasteiger partial charge in [0.15, 0.2) is 0 Å². The van der Waals surface area contributed by atoms with Crippen molar-refractivity contribution >= 4 is 17.7 Å². The predicted molar refractivity (Wildman–Crippen MR) is 70.6 cm³/mol. The molecule has 2 unspecified atom stereocenters. The van der Waals surface area contributed by atoms with Crippen LogP contribution < -0.4 is 5.32 Å². The summed E-state index contributed by atoms with van der Waals surface area (Å²) in [4.78, 5) is 27.3. The maximum absolute atomic E-state index is 12.1. The molecule has 5 heteroatoms. The molecule has 0 fully saturated rings. The zero-order chi connectivity index (χ0) is 13.8. The smallest absolute Gasteiger partial charge is 0.307 e. The summed E-state index contributed by atoms with van der Waals surface area (Å²) in [5.41, 5.74) is 0.989. The van der Waals surface area contributed by atoms with E-state index in [2.05, 4.69) is 10.3 Å². The Balaban J connectivity index is 2.10. The third-order valence-electron chi connectivity index (χ3n) is 3.25. The molecule has 0 spiro atoms. The minimum atomic E-state index is -0.929. The number of allylic oxidation sites excluding steroid dienone is 2. The molecule has 0 bridgehead atoms. The van der Waals surface area contributed by atoms with Crippen molar-refractivity contribution in [3.05, 3.63) is 36.0 Å². The van der Waals surface area contributed by atoms with Crippen molar-refractivity contribution in [1.82, 2.24) is 4.98 Å². The number of nitrogens with zero attached hydrogens (tertiary/aromatic N) is 1. The number of nitrogens with one attached hydrogen (secondary N) is 1. The zero-order valence-electron chi connectivity index (χ0n) is 10.7. The topological polar surface area (TPSA) is 79.3 Å². The number of anilines is 1. The molecule has 0 aliphatic heterocycles. The van der Waals surface area contributed by atoms with Crippen LogP contribution in [-0.4, -0.2) is 22.0 Å². The summed E-state index contributed by atoms with van der Waals surface area (Å²) in [6.45, 7) is 1.90. The standard InChI is InChI=1S/C14H16N2O3/c1-9-6-7-15-12(8-9)16-13(17)10-4-2-3-5-11(10)14(18)19/h2-3,6-8,10-11H,4-5H2,1H3,(H,18,19)(H,15,16,17). The van der Waals surface area contributed by atoms with E-state index >= 15 is 0 Å². The van der Waals surface area contributed by atoms with Crippen LogP contribution in [-0.2, 0) is 9.59 Å².